The summed E-state index contributed by atoms with van der Waals surface area (Å²) in [7, 11) is 0. The predicted octanol–water partition coefficient (Wildman–Crippen LogP) is 1.33. The van der Waals surface area contributed by atoms with Crippen LogP contribution >= 0.6 is 11.3 Å². The van der Waals surface area contributed by atoms with Gasteiger partial charge in [-0.05, 0) is 0 Å². The zero-order valence-corrected chi connectivity index (χ0v) is 4.77. The maximum Gasteiger partial charge on any atom is 0.144 e. The van der Waals surface area contributed by atoms with Crippen LogP contribution in [0.3, 0.4) is 0 Å². The van der Waals surface area contributed by atoms with Gasteiger partial charge < -0.3 is 5.11 Å². The zero-order chi connectivity index (χ0) is 5.98. The molecule has 8 heavy (non-hydrogen) atoms. The molecule has 40 valence electrons. The highest BCUT2D eigenvalue weighted by atomic mass is 32.1. The molecule has 0 amide bonds. The van der Waals surface area contributed by atoms with Crippen molar-refractivity contribution in [2.75, 3.05) is 0 Å². The normalized spacial score (nSPS) is 8.38. The fourth-order valence-corrected chi connectivity index (χ4v) is 1.01. The van der Waals surface area contributed by atoms with E-state index in [-0.39, 0.29) is 5.75 Å². The van der Waals surface area contributed by atoms with Crippen LogP contribution in [0.5, 0.6) is 5.75 Å². The van der Waals surface area contributed by atoms with Crippen LogP contribution in [0.25, 0.3) is 0 Å². The Hall–Kier alpha value is -1.01. The lowest BCUT2D eigenvalue weighted by Crippen LogP contribution is -1.61. The highest BCUT2D eigenvalue weighted by Gasteiger charge is 1.96. The van der Waals surface area contributed by atoms with E-state index < -0.39 is 0 Å². The van der Waals surface area contributed by atoms with Crippen molar-refractivity contribution in [2.24, 2.45) is 0 Å². The van der Waals surface area contributed by atoms with Crippen LogP contribution in [-0.2, 0) is 0 Å². The van der Waals surface area contributed by atoms with E-state index in [0.29, 0.717) is 5.56 Å². The quantitative estimate of drug-likeness (QED) is 0.568. The predicted molar refractivity (Wildman–Crippen MR) is 30.7 cm³/mol. The molecular weight excluding hydrogens is 122 g/mol. The van der Waals surface area contributed by atoms with Crippen molar-refractivity contribution >= 4 is 11.3 Å². The van der Waals surface area contributed by atoms with Crippen molar-refractivity contribution in [2.45, 2.75) is 0 Å². The first kappa shape index (κ1) is 5.13. The van der Waals surface area contributed by atoms with Gasteiger partial charge in [0.25, 0.3) is 0 Å². The molecule has 0 saturated heterocycles. The maximum atomic E-state index is 8.74. The first-order valence-corrected chi connectivity index (χ1v) is 2.94. The molecule has 0 spiro atoms. The molecule has 0 bridgehead atoms. The smallest absolute Gasteiger partial charge is 0.144 e. The van der Waals surface area contributed by atoms with Crippen LogP contribution in [-0.4, -0.2) is 5.11 Å². The number of nitrogens with zero attached hydrogens (tertiary/aromatic N) is 1. The second-order valence-corrected chi connectivity index (χ2v) is 2.03. The molecule has 0 aromatic carbocycles. The molecule has 0 atom stereocenters. The van der Waals surface area contributed by atoms with Gasteiger partial charge in [-0.2, -0.15) is 5.26 Å². The number of nitriles is 1. The molecule has 1 aromatic rings. The fraction of sp³-hybridized carbons (Fsp3) is 0. The lowest BCUT2D eigenvalue weighted by molar-refractivity contribution is 0.476. The van der Waals surface area contributed by atoms with Crippen molar-refractivity contribution in [3.8, 4) is 11.8 Å². The first-order valence-electron chi connectivity index (χ1n) is 2.00. The number of rotatable bonds is 0. The van der Waals surface area contributed by atoms with E-state index in [9.17, 15) is 0 Å². The summed E-state index contributed by atoms with van der Waals surface area (Å²) in [6.45, 7) is 0. The molecular formula is C5H3NOS. The molecule has 0 aliphatic rings. The monoisotopic (exact) mass is 125 g/mol. The standard InChI is InChI=1S/C5H3NOS/c6-1-4-2-8-3-5(4)7/h2-3,7H. The molecule has 0 radical (unpaired) electrons. The molecule has 0 aliphatic heterocycles. The third-order valence-corrected chi connectivity index (χ3v) is 1.49. The Bertz CT molecular complexity index is 223. The molecule has 1 rings (SSSR count). The number of hydrogen-bond donors (Lipinski definition) is 1. The fourth-order valence-electron chi connectivity index (χ4n) is 0.374. The van der Waals surface area contributed by atoms with Crippen molar-refractivity contribution in [3.05, 3.63) is 16.3 Å². The van der Waals surface area contributed by atoms with Gasteiger partial charge in [0.1, 0.15) is 17.4 Å². The van der Waals surface area contributed by atoms with E-state index in [1.165, 1.54) is 16.7 Å². The maximum absolute atomic E-state index is 8.74. The van der Waals surface area contributed by atoms with Crippen LogP contribution in [0.4, 0.5) is 0 Å². The molecule has 1 N–H and O–H groups in total. The third-order valence-electron chi connectivity index (χ3n) is 0.762. The highest BCUT2D eigenvalue weighted by Crippen LogP contribution is 2.19. The number of aromatic hydroxyl groups is 1. The summed E-state index contributed by atoms with van der Waals surface area (Å²) < 4.78 is 0. The Labute approximate surface area is 50.6 Å². The molecule has 0 unspecified atom stereocenters. The molecule has 0 aliphatic carbocycles. The minimum atomic E-state index is 0.0810. The molecule has 1 heterocycles. The number of hydrogen-bond acceptors (Lipinski definition) is 3. The molecule has 0 fully saturated rings. The third kappa shape index (κ3) is 0.658. The summed E-state index contributed by atoms with van der Waals surface area (Å²) in [5.41, 5.74) is 0.356. The average Bonchev–Trinajstić information content (AvgIpc) is 2.14. The zero-order valence-electron chi connectivity index (χ0n) is 3.96. The Morgan fingerprint density at radius 1 is 1.62 bits per heavy atom. The van der Waals surface area contributed by atoms with E-state index in [1.54, 1.807) is 5.38 Å². The van der Waals surface area contributed by atoms with Gasteiger partial charge in [0, 0.05) is 10.8 Å². The van der Waals surface area contributed by atoms with Gasteiger partial charge in [-0.25, -0.2) is 0 Å². The van der Waals surface area contributed by atoms with Crippen molar-refractivity contribution in [3.63, 3.8) is 0 Å². The molecule has 2 nitrogen and oxygen atoms in total. The summed E-state index contributed by atoms with van der Waals surface area (Å²) in [5, 5.41) is 20.1. The highest BCUT2D eigenvalue weighted by molar-refractivity contribution is 7.08. The average molecular weight is 125 g/mol. The summed E-state index contributed by atoms with van der Waals surface area (Å²) in [6, 6.07) is 1.84. The minimum Gasteiger partial charge on any atom is -0.506 e. The SMILES string of the molecule is N#Cc1cscc1O. The van der Waals surface area contributed by atoms with Crippen LogP contribution in [0.2, 0.25) is 0 Å². The van der Waals surface area contributed by atoms with Gasteiger partial charge in [-0.3, -0.25) is 0 Å². The van der Waals surface area contributed by atoms with Gasteiger partial charge in [-0.1, -0.05) is 0 Å². The van der Waals surface area contributed by atoms with Crippen molar-refractivity contribution in [1.29, 1.82) is 5.26 Å². The van der Waals surface area contributed by atoms with E-state index >= 15 is 0 Å². The van der Waals surface area contributed by atoms with E-state index in [2.05, 4.69) is 0 Å². The van der Waals surface area contributed by atoms with Crippen molar-refractivity contribution < 1.29 is 5.11 Å². The summed E-state index contributed by atoms with van der Waals surface area (Å²) in [6.07, 6.45) is 0. The van der Waals surface area contributed by atoms with Crippen LogP contribution in [0.1, 0.15) is 5.56 Å². The second kappa shape index (κ2) is 1.85. The molecule has 3 heteroatoms. The van der Waals surface area contributed by atoms with E-state index in [1.807, 2.05) is 6.07 Å². The Morgan fingerprint density at radius 3 is 2.62 bits per heavy atom. The summed E-state index contributed by atoms with van der Waals surface area (Å²) in [5.74, 6) is 0.0810. The van der Waals surface area contributed by atoms with Crippen LogP contribution in [0, 0.1) is 11.3 Å². The number of thiophene rings is 1. The summed E-state index contributed by atoms with van der Waals surface area (Å²) >= 11 is 1.32. The topological polar surface area (TPSA) is 44.0 Å². The molecule has 1 aromatic heterocycles. The van der Waals surface area contributed by atoms with Gasteiger partial charge in [0.05, 0.1) is 0 Å². The van der Waals surface area contributed by atoms with Gasteiger partial charge in [-0.15, -0.1) is 11.3 Å². The van der Waals surface area contributed by atoms with Gasteiger partial charge in [0.2, 0.25) is 0 Å². The van der Waals surface area contributed by atoms with Gasteiger partial charge in [0.15, 0.2) is 0 Å². The Morgan fingerprint density at radius 2 is 2.38 bits per heavy atom. The summed E-state index contributed by atoms with van der Waals surface area (Å²) in [4.78, 5) is 0. The lowest BCUT2D eigenvalue weighted by Gasteiger charge is -1.77. The molecule has 0 saturated carbocycles. The van der Waals surface area contributed by atoms with Crippen molar-refractivity contribution in [1.82, 2.24) is 0 Å². The lowest BCUT2D eigenvalue weighted by atomic mass is 10.4. The minimum absolute atomic E-state index is 0.0810. The second-order valence-electron chi connectivity index (χ2n) is 1.28. The Balaban J connectivity index is 3.15. The van der Waals surface area contributed by atoms with E-state index in [4.69, 9.17) is 10.4 Å². The van der Waals surface area contributed by atoms with Crippen LogP contribution < -0.4 is 0 Å². The largest absolute Gasteiger partial charge is 0.506 e. The first-order chi connectivity index (χ1) is 3.84. The Kier molecular flexibility index (Phi) is 1.18. The van der Waals surface area contributed by atoms with E-state index in [0.717, 1.165) is 0 Å². The van der Waals surface area contributed by atoms with Gasteiger partial charge >= 0.3 is 0 Å². The van der Waals surface area contributed by atoms with Crippen LogP contribution in [0.15, 0.2) is 10.8 Å².